The molecule has 194 valence electrons. The molecular formula is C27H27ClN8O2. The molecule has 2 unspecified atom stereocenters. The molecule has 10 nitrogen and oxygen atoms in total. The molecule has 4 heterocycles. The van der Waals surface area contributed by atoms with Crippen molar-refractivity contribution >= 4 is 45.3 Å². The summed E-state index contributed by atoms with van der Waals surface area (Å²) < 4.78 is 7.21. The number of nitriles is 1. The molecular weight excluding hydrogens is 504 g/mol. The SMILES string of the molecule is CC1CN(c2cnc(C(C)Nc3cc(=O)n(C)c4ccc(Nc5ccnc(Cl)c5C#N)cc34)nc2)CCO1. The number of benzene rings is 1. The molecule has 0 bridgehead atoms. The second-order valence-corrected chi connectivity index (χ2v) is 9.60. The van der Waals surface area contributed by atoms with E-state index in [0.717, 1.165) is 35.4 Å². The van der Waals surface area contributed by atoms with Crippen molar-refractivity contribution in [3.8, 4) is 6.07 Å². The highest BCUT2D eigenvalue weighted by molar-refractivity contribution is 6.31. The number of ether oxygens (including phenoxy) is 1. The molecule has 1 aliphatic heterocycles. The van der Waals surface area contributed by atoms with E-state index < -0.39 is 0 Å². The zero-order chi connectivity index (χ0) is 26.8. The maximum atomic E-state index is 12.7. The summed E-state index contributed by atoms with van der Waals surface area (Å²) in [5, 5.41) is 17.1. The van der Waals surface area contributed by atoms with E-state index in [9.17, 15) is 10.1 Å². The number of nitrogens with zero attached hydrogens (tertiary/aromatic N) is 6. The van der Waals surface area contributed by atoms with Crippen LogP contribution < -0.4 is 21.1 Å². The van der Waals surface area contributed by atoms with E-state index in [1.165, 1.54) is 6.20 Å². The van der Waals surface area contributed by atoms with Crippen molar-refractivity contribution in [2.24, 2.45) is 7.05 Å². The van der Waals surface area contributed by atoms with E-state index in [0.29, 0.717) is 23.8 Å². The van der Waals surface area contributed by atoms with Crippen molar-refractivity contribution < 1.29 is 4.74 Å². The first-order valence-electron chi connectivity index (χ1n) is 12.2. The van der Waals surface area contributed by atoms with Crippen LogP contribution in [0.5, 0.6) is 0 Å². The maximum absolute atomic E-state index is 12.7. The van der Waals surface area contributed by atoms with Crippen LogP contribution in [-0.4, -0.2) is 45.3 Å². The molecule has 0 spiro atoms. The van der Waals surface area contributed by atoms with Crippen molar-refractivity contribution in [3.05, 3.63) is 75.8 Å². The predicted molar refractivity (Wildman–Crippen MR) is 148 cm³/mol. The van der Waals surface area contributed by atoms with Crippen molar-refractivity contribution in [2.45, 2.75) is 26.0 Å². The number of anilines is 4. The first-order chi connectivity index (χ1) is 18.3. The molecule has 1 aliphatic rings. The fourth-order valence-corrected chi connectivity index (χ4v) is 4.73. The van der Waals surface area contributed by atoms with E-state index in [1.54, 1.807) is 23.7 Å². The average Bonchev–Trinajstić information content (AvgIpc) is 2.92. The van der Waals surface area contributed by atoms with Gasteiger partial charge >= 0.3 is 0 Å². The minimum absolute atomic E-state index is 0.131. The average molecular weight is 531 g/mol. The topological polar surface area (TPSA) is 121 Å². The van der Waals surface area contributed by atoms with E-state index in [-0.39, 0.29) is 28.4 Å². The molecule has 5 rings (SSSR count). The summed E-state index contributed by atoms with van der Waals surface area (Å²) in [4.78, 5) is 28.1. The number of hydrogen-bond acceptors (Lipinski definition) is 9. The third-order valence-electron chi connectivity index (χ3n) is 6.57. The largest absolute Gasteiger partial charge is 0.375 e. The Bertz CT molecular complexity index is 1580. The van der Waals surface area contributed by atoms with E-state index in [1.807, 2.05) is 37.5 Å². The highest BCUT2D eigenvalue weighted by Crippen LogP contribution is 2.30. The number of nitrogens with one attached hydrogen (secondary N) is 2. The van der Waals surface area contributed by atoms with Gasteiger partial charge in [0.15, 0.2) is 0 Å². The number of halogens is 1. The van der Waals surface area contributed by atoms with E-state index in [4.69, 9.17) is 16.3 Å². The van der Waals surface area contributed by atoms with Crippen LogP contribution in [0.3, 0.4) is 0 Å². The van der Waals surface area contributed by atoms with Gasteiger partial charge in [0.25, 0.3) is 5.56 Å². The highest BCUT2D eigenvalue weighted by Gasteiger charge is 2.19. The first kappa shape index (κ1) is 25.4. The molecule has 0 aliphatic carbocycles. The van der Waals surface area contributed by atoms with Crippen LogP contribution in [0.4, 0.5) is 22.7 Å². The van der Waals surface area contributed by atoms with Gasteiger partial charge in [-0.3, -0.25) is 4.79 Å². The lowest BCUT2D eigenvalue weighted by molar-refractivity contribution is 0.0532. The smallest absolute Gasteiger partial charge is 0.252 e. The molecule has 1 saturated heterocycles. The molecule has 4 aromatic rings. The fraction of sp³-hybridized carbons (Fsp3) is 0.296. The van der Waals surface area contributed by atoms with Gasteiger partial charge in [-0.1, -0.05) is 11.6 Å². The van der Waals surface area contributed by atoms with Gasteiger partial charge in [-0.15, -0.1) is 0 Å². The van der Waals surface area contributed by atoms with Crippen LogP contribution >= 0.6 is 11.6 Å². The Morgan fingerprint density at radius 3 is 2.71 bits per heavy atom. The maximum Gasteiger partial charge on any atom is 0.252 e. The number of pyridine rings is 2. The van der Waals surface area contributed by atoms with Gasteiger partial charge in [0.2, 0.25) is 0 Å². The Balaban J connectivity index is 1.43. The van der Waals surface area contributed by atoms with E-state index >= 15 is 0 Å². The lowest BCUT2D eigenvalue weighted by atomic mass is 10.1. The van der Waals surface area contributed by atoms with Crippen LogP contribution in [0.2, 0.25) is 5.15 Å². The number of aryl methyl sites for hydroxylation is 1. The third kappa shape index (κ3) is 5.11. The van der Waals surface area contributed by atoms with Crippen molar-refractivity contribution in [1.82, 2.24) is 19.5 Å². The number of aromatic nitrogens is 4. The third-order valence-corrected chi connectivity index (χ3v) is 6.85. The summed E-state index contributed by atoms with van der Waals surface area (Å²) in [5.41, 5.74) is 3.76. The van der Waals surface area contributed by atoms with Crippen molar-refractivity contribution in [3.63, 3.8) is 0 Å². The van der Waals surface area contributed by atoms with Crippen LogP contribution in [0.15, 0.2) is 53.7 Å². The monoisotopic (exact) mass is 530 g/mol. The van der Waals surface area contributed by atoms with E-state index in [2.05, 4.69) is 43.5 Å². The number of rotatable bonds is 6. The minimum atomic E-state index is -0.260. The lowest BCUT2D eigenvalue weighted by Crippen LogP contribution is -2.41. The Labute approximate surface area is 224 Å². The zero-order valence-electron chi connectivity index (χ0n) is 21.3. The molecule has 0 amide bonds. The minimum Gasteiger partial charge on any atom is -0.375 e. The highest BCUT2D eigenvalue weighted by atomic mass is 35.5. The van der Waals surface area contributed by atoms with Gasteiger partial charge in [-0.2, -0.15) is 5.26 Å². The quantitative estimate of drug-likeness (QED) is 0.349. The molecule has 0 saturated carbocycles. The first-order valence-corrected chi connectivity index (χ1v) is 12.6. The Kier molecular flexibility index (Phi) is 7.13. The summed E-state index contributed by atoms with van der Waals surface area (Å²) in [6.45, 7) is 6.29. The van der Waals surface area contributed by atoms with Gasteiger partial charge in [-0.05, 0) is 38.1 Å². The predicted octanol–water partition coefficient (Wildman–Crippen LogP) is 4.39. The number of fused-ring (bicyclic) bond motifs is 1. The number of morpholine rings is 1. The summed E-state index contributed by atoms with van der Waals surface area (Å²) in [6, 6.07) is 10.7. The molecule has 0 radical (unpaired) electrons. The molecule has 11 heteroatoms. The number of hydrogen-bond donors (Lipinski definition) is 2. The summed E-state index contributed by atoms with van der Waals surface area (Å²) in [7, 11) is 1.73. The van der Waals surface area contributed by atoms with Gasteiger partial charge in [0, 0.05) is 49.2 Å². The van der Waals surface area contributed by atoms with Gasteiger partial charge in [0.05, 0.1) is 48.0 Å². The second-order valence-electron chi connectivity index (χ2n) is 9.24. The Morgan fingerprint density at radius 2 is 1.97 bits per heavy atom. The van der Waals surface area contributed by atoms with Gasteiger partial charge in [0.1, 0.15) is 22.6 Å². The Morgan fingerprint density at radius 1 is 1.18 bits per heavy atom. The van der Waals surface area contributed by atoms with Gasteiger partial charge in [-0.25, -0.2) is 15.0 Å². The van der Waals surface area contributed by atoms with Crippen LogP contribution in [-0.2, 0) is 11.8 Å². The normalized spacial score (nSPS) is 16.2. The van der Waals surface area contributed by atoms with Gasteiger partial charge < -0.3 is 24.8 Å². The van der Waals surface area contributed by atoms with Crippen LogP contribution in [0.25, 0.3) is 10.9 Å². The summed E-state index contributed by atoms with van der Waals surface area (Å²) in [5.74, 6) is 0.614. The fourth-order valence-electron chi connectivity index (χ4n) is 4.53. The molecule has 38 heavy (non-hydrogen) atoms. The Hall–Kier alpha value is -4.20. The molecule has 2 atom stereocenters. The second kappa shape index (κ2) is 10.7. The lowest BCUT2D eigenvalue weighted by Gasteiger charge is -2.32. The standard InChI is InChI=1S/C27H27ClN8O2/c1-16-15-36(8-9-38-16)19-13-31-27(32-14-19)17(2)33-23-11-25(37)35(3)24-5-4-18(10-20(23)24)34-22-6-7-30-26(28)21(22)12-29/h4-7,10-11,13-14,16-17,33H,8-9,15H2,1-3H3,(H,30,34). The summed E-state index contributed by atoms with van der Waals surface area (Å²) >= 11 is 6.09. The van der Waals surface area contributed by atoms with Crippen molar-refractivity contribution in [1.29, 1.82) is 5.26 Å². The van der Waals surface area contributed by atoms with Crippen molar-refractivity contribution in [2.75, 3.05) is 35.2 Å². The summed E-state index contributed by atoms with van der Waals surface area (Å²) in [6.07, 6.45) is 5.36. The zero-order valence-corrected chi connectivity index (χ0v) is 22.0. The molecule has 2 N–H and O–H groups in total. The molecule has 1 aromatic carbocycles. The van der Waals surface area contributed by atoms with Crippen LogP contribution in [0.1, 0.15) is 31.3 Å². The molecule has 3 aromatic heterocycles. The molecule has 1 fully saturated rings. The van der Waals surface area contributed by atoms with Crippen LogP contribution in [0, 0.1) is 11.3 Å².